The van der Waals surface area contributed by atoms with Crippen LogP contribution in [0.2, 0.25) is 0 Å². The maximum Gasteiger partial charge on any atom is 0.451 e. The third-order valence-electron chi connectivity index (χ3n) is 1.74. The lowest BCUT2D eigenvalue weighted by Crippen LogP contribution is -2.13. The van der Waals surface area contributed by atoms with Crippen molar-refractivity contribution in [1.82, 2.24) is 9.97 Å². The average molecular weight is 251 g/mol. The van der Waals surface area contributed by atoms with Gasteiger partial charge in [-0.2, -0.15) is 24.9 Å². The van der Waals surface area contributed by atoms with E-state index < -0.39 is 12.0 Å². The van der Waals surface area contributed by atoms with Crippen LogP contribution in [0.15, 0.2) is 12.3 Å². The lowest BCUT2D eigenvalue weighted by molar-refractivity contribution is -0.144. The van der Waals surface area contributed by atoms with Gasteiger partial charge >= 0.3 is 6.18 Å². The highest BCUT2D eigenvalue weighted by Crippen LogP contribution is 2.26. The van der Waals surface area contributed by atoms with E-state index in [1.165, 1.54) is 6.07 Å². The largest absolute Gasteiger partial charge is 0.451 e. The van der Waals surface area contributed by atoms with Crippen molar-refractivity contribution in [2.24, 2.45) is 0 Å². The first-order valence-corrected chi connectivity index (χ1v) is 6.06. The van der Waals surface area contributed by atoms with E-state index >= 15 is 0 Å². The Labute approximate surface area is 95.9 Å². The minimum absolute atomic E-state index is 0.212. The predicted molar refractivity (Wildman–Crippen MR) is 58.5 cm³/mol. The fraction of sp³-hybridized carbons (Fsp3) is 0.556. The summed E-state index contributed by atoms with van der Waals surface area (Å²) in [5, 5.41) is 2.83. The molecule has 0 fully saturated rings. The van der Waals surface area contributed by atoms with Gasteiger partial charge in [0.05, 0.1) is 0 Å². The fourth-order valence-corrected chi connectivity index (χ4v) is 1.46. The van der Waals surface area contributed by atoms with Crippen molar-refractivity contribution in [3.63, 3.8) is 0 Å². The van der Waals surface area contributed by atoms with Crippen molar-refractivity contribution >= 4 is 17.6 Å². The van der Waals surface area contributed by atoms with E-state index in [9.17, 15) is 13.2 Å². The van der Waals surface area contributed by atoms with Gasteiger partial charge in [0.2, 0.25) is 5.82 Å². The van der Waals surface area contributed by atoms with Crippen molar-refractivity contribution in [2.45, 2.75) is 12.6 Å². The Hall–Kier alpha value is -0.980. The van der Waals surface area contributed by atoms with Gasteiger partial charge in [-0.3, -0.25) is 0 Å². The number of halogens is 3. The van der Waals surface area contributed by atoms with E-state index in [0.717, 1.165) is 18.4 Å². The third kappa shape index (κ3) is 4.26. The van der Waals surface area contributed by atoms with Gasteiger partial charge in [0.15, 0.2) is 0 Å². The van der Waals surface area contributed by atoms with Gasteiger partial charge in [-0.05, 0) is 24.5 Å². The second-order valence-electron chi connectivity index (χ2n) is 3.04. The molecule has 1 N–H and O–H groups in total. The molecule has 1 rings (SSSR count). The molecule has 1 aromatic heterocycles. The maximum atomic E-state index is 12.3. The number of anilines is 1. The topological polar surface area (TPSA) is 37.8 Å². The van der Waals surface area contributed by atoms with Gasteiger partial charge in [0.25, 0.3) is 0 Å². The van der Waals surface area contributed by atoms with Crippen LogP contribution in [0.25, 0.3) is 0 Å². The second-order valence-corrected chi connectivity index (χ2v) is 4.02. The Morgan fingerprint density at radius 3 is 2.81 bits per heavy atom. The summed E-state index contributed by atoms with van der Waals surface area (Å²) in [5.41, 5.74) is 0. The number of hydrogen-bond acceptors (Lipinski definition) is 4. The molecular formula is C9H12F3N3S. The highest BCUT2D eigenvalue weighted by atomic mass is 32.2. The first-order chi connectivity index (χ1) is 7.54. The molecule has 0 saturated carbocycles. The van der Waals surface area contributed by atoms with Crippen molar-refractivity contribution in [3.05, 3.63) is 18.1 Å². The zero-order chi connectivity index (χ0) is 12.0. The summed E-state index contributed by atoms with van der Waals surface area (Å²) < 4.78 is 36.8. The van der Waals surface area contributed by atoms with Crippen LogP contribution in [0.4, 0.5) is 19.0 Å². The Kier molecular flexibility index (Phi) is 4.85. The van der Waals surface area contributed by atoms with Crippen molar-refractivity contribution in [1.29, 1.82) is 0 Å². The van der Waals surface area contributed by atoms with E-state index in [0.29, 0.717) is 6.54 Å². The van der Waals surface area contributed by atoms with E-state index in [4.69, 9.17) is 0 Å². The van der Waals surface area contributed by atoms with Gasteiger partial charge in [0.1, 0.15) is 5.82 Å². The van der Waals surface area contributed by atoms with E-state index in [-0.39, 0.29) is 5.82 Å². The number of aromatic nitrogens is 2. The molecule has 0 saturated heterocycles. The van der Waals surface area contributed by atoms with Gasteiger partial charge in [-0.25, -0.2) is 9.97 Å². The quantitative estimate of drug-likeness (QED) is 0.816. The number of nitrogens with one attached hydrogen (secondary N) is 1. The average Bonchev–Trinajstić information content (AvgIpc) is 2.24. The highest BCUT2D eigenvalue weighted by Gasteiger charge is 2.34. The summed E-state index contributed by atoms with van der Waals surface area (Å²) in [5.74, 6) is 0.0651. The van der Waals surface area contributed by atoms with Crippen LogP contribution in [0.5, 0.6) is 0 Å². The standard InChI is InChI=1S/C9H12F3N3S/c1-16-6-2-4-13-7-3-5-14-8(15-7)9(10,11)12/h3,5H,2,4,6H2,1H3,(H,13,14,15). The van der Waals surface area contributed by atoms with Crippen LogP contribution in [-0.4, -0.2) is 28.5 Å². The molecule has 16 heavy (non-hydrogen) atoms. The van der Waals surface area contributed by atoms with Crippen LogP contribution in [0.1, 0.15) is 12.2 Å². The number of rotatable bonds is 5. The molecule has 0 aromatic carbocycles. The van der Waals surface area contributed by atoms with Crippen molar-refractivity contribution in [3.8, 4) is 0 Å². The highest BCUT2D eigenvalue weighted by molar-refractivity contribution is 7.98. The molecule has 0 bridgehead atoms. The van der Waals surface area contributed by atoms with Crippen LogP contribution < -0.4 is 5.32 Å². The SMILES string of the molecule is CSCCCNc1ccnc(C(F)(F)F)n1. The van der Waals surface area contributed by atoms with Gasteiger partial charge in [-0.15, -0.1) is 0 Å². The normalized spacial score (nSPS) is 11.5. The predicted octanol–water partition coefficient (Wildman–Crippen LogP) is 2.66. The minimum Gasteiger partial charge on any atom is -0.370 e. The summed E-state index contributed by atoms with van der Waals surface area (Å²) in [7, 11) is 0. The van der Waals surface area contributed by atoms with Gasteiger partial charge in [0, 0.05) is 12.7 Å². The monoisotopic (exact) mass is 251 g/mol. The minimum atomic E-state index is -4.49. The number of hydrogen-bond donors (Lipinski definition) is 1. The number of thioether (sulfide) groups is 1. The maximum absolute atomic E-state index is 12.3. The fourth-order valence-electron chi connectivity index (χ4n) is 1.03. The third-order valence-corrected chi connectivity index (χ3v) is 2.44. The summed E-state index contributed by atoms with van der Waals surface area (Å²) >= 11 is 1.69. The summed E-state index contributed by atoms with van der Waals surface area (Å²) in [6.45, 7) is 0.606. The molecule has 0 radical (unpaired) electrons. The number of nitrogens with zero attached hydrogens (tertiary/aromatic N) is 2. The van der Waals surface area contributed by atoms with Gasteiger partial charge in [-0.1, -0.05) is 0 Å². The zero-order valence-electron chi connectivity index (χ0n) is 8.71. The first-order valence-electron chi connectivity index (χ1n) is 4.67. The van der Waals surface area contributed by atoms with Crippen molar-refractivity contribution in [2.75, 3.05) is 23.9 Å². The molecule has 3 nitrogen and oxygen atoms in total. The van der Waals surface area contributed by atoms with E-state index in [2.05, 4.69) is 15.3 Å². The van der Waals surface area contributed by atoms with Crippen molar-refractivity contribution < 1.29 is 13.2 Å². The molecule has 0 aliphatic heterocycles. The van der Waals surface area contributed by atoms with Crippen LogP contribution in [0, 0.1) is 0 Å². The second kappa shape index (κ2) is 5.93. The Balaban J connectivity index is 2.54. The molecule has 1 aromatic rings. The number of alkyl halides is 3. The van der Waals surface area contributed by atoms with Gasteiger partial charge < -0.3 is 5.32 Å². The molecule has 0 amide bonds. The first kappa shape index (κ1) is 13.1. The molecule has 0 atom stereocenters. The van der Waals surface area contributed by atoms with E-state index in [1.807, 2.05) is 6.26 Å². The molecule has 0 spiro atoms. The van der Waals surface area contributed by atoms with Crippen LogP contribution in [0.3, 0.4) is 0 Å². The lowest BCUT2D eigenvalue weighted by atomic mass is 10.4. The van der Waals surface area contributed by atoms with E-state index in [1.54, 1.807) is 11.8 Å². The Morgan fingerprint density at radius 1 is 1.44 bits per heavy atom. The molecule has 90 valence electrons. The molecule has 0 aliphatic rings. The molecule has 0 aliphatic carbocycles. The zero-order valence-corrected chi connectivity index (χ0v) is 9.53. The molecule has 1 heterocycles. The van der Waals surface area contributed by atoms with Crippen LogP contribution in [-0.2, 0) is 6.18 Å². The Bertz CT molecular complexity index is 330. The molecule has 7 heteroatoms. The molecule has 0 unspecified atom stereocenters. The Morgan fingerprint density at radius 2 is 2.19 bits per heavy atom. The summed E-state index contributed by atoms with van der Waals surface area (Å²) in [4.78, 5) is 6.56. The molecular weight excluding hydrogens is 239 g/mol. The lowest BCUT2D eigenvalue weighted by Gasteiger charge is -2.08. The smallest absolute Gasteiger partial charge is 0.370 e. The van der Waals surface area contributed by atoms with Crippen LogP contribution >= 0.6 is 11.8 Å². The summed E-state index contributed by atoms with van der Waals surface area (Å²) in [6.07, 6.45) is -0.525. The summed E-state index contributed by atoms with van der Waals surface area (Å²) in [6, 6.07) is 1.42.